The molecule has 9 fully saturated rings. The smallest absolute Gasteiger partial charge is 0.342 e. The van der Waals surface area contributed by atoms with E-state index in [0.29, 0.717) is 12.8 Å². The van der Waals surface area contributed by atoms with Crippen LogP contribution >= 0.6 is 0 Å². The van der Waals surface area contributed by atoms with Crippen LogP contribution in [0.15, 0.2) is 0 Å². The minimum absolute atomic E-state index is 0.0238. The molecule has 14 atom stereocenters. The standard InChI is InChI=1S/C29H34O11/c1-23-10-18-25(3)29-19(23)20(31)28(40-29,36-11-15(23)21(32)37-18)14-8-17-27(38-17)9-12(35-4)7-16(30)24(27,2)13(14)5-6-26(29,34)22(33)39-25/h12-15,17-19,34H,5-11H2,1-4H3/t12-,13+,14-,15+,17-,18+,19?,23-,24+,25+,26-,27-,28-,29+/m1/s1. The lowest BCUT2D eigenvalue weighted by molar-refractivity contribution is -0.376. The summed E-state index contributed by atoms with van der Waals surface area (Å²) in [7, 11) is 1.59. The Hall–Kier alpha value is -1.92. The van der Waals surface area contributed by atoms with Crippen molar-refractivity contribution in [2.75, 3.05) is 13.7 Å². The number of esters is 2. The number of hydrogen-bond donors (Lipinski definition) is 1. The molecule has 6 aliphatic heterocycles. The second-order valence-electron chi connectivity index (χ2n) is 14.5. The summed E-state index contributed by atoms with van der Waals surface area (Å²) in [4.78, 5) is 56.2. The lowest BCUT2D eigenvalue weighted by Crippen LogP contribution is -2.79. The zero-order valence-electron chi connectivity index (χ0n) is 23.0. The second kappa shape index (κ2) is 6.51. The number of aliphatic hydroxyl groups is 1. The molecule has 3 saturated carbocycles. The monoisotopic (exact) mass is 558 g/mol. The molecular formula is C29H34O11. The van der Waals surface area contributed by atoms with Crippen LogP contribution in [0.5, 0.6) is 0 Å². The molecule has 40 heavy (non-hydrogen) atoms. The van der Waals surface area contributed by atoms with Crippen LogP contribution in [0, 0.1) is 34.5 Å². The van der Waals surface area contributed by atoms with Crippen LogP contribution in [0.3, 0.4) is 0 Å². The van der Waals surface area contributed by atoms with Crippen LogP contribution in [-0.2, 0) is 47.6 Å². The molecule has 0 aromatic rings. The minimum atomic E-state index is -2.21. The quantitative estimate of drug-likeness (QED) is 0.357. The summed E-state index contributed by atoms with van der Waals surface area (Å²) >= 11 is 0. The first kappa shape index (κ1) is 24.7. The predicted molar refractivity (Wildman–Crippen MR) is 128 cm³/mol. The Morgan fingerprint density at radius 3 is 2.55 bits per heavy atom. The van der Waals surface area contributed by atoms with Gasteiger partial charge in [-0.3, -0.25) is 14.4 Å². The first-order chi connectivity index (χ1) is 18.8. The SMILES string of the molecule is CO[C@@H]1CC(=O)[C@]2(C)[C@H]3CC[C@@]4(O)C(=O)O[C@@]5(C)[C@@H]6C[C@@]7(C)C8C(=O)[C@](OC[C@H]7C(=O)O6)(O[C@]845)[C@@H]3C[C@H]3O[C@]32C1. The number of rotatable bonds is 1. The van der Waals surface area contributed by atoms with Crippen LogP contribution in [0.4, 0.5) is 0 Å². The molecule has 0 radical (unpaired) electrons. The van der Waals surface area contributed by atoms with Crippen LogP contribution in [0.1, 0.15) is 59.3 Å². The van der Waals surface area contributed by atoms with Gasteiger partial charge >= 0.3 is 11.9 Å². The Morgan fingerprint density at radius 2 is 1.80 bits per heavy atom. The van der Waals surface area contributed by atoms with Gasteiger partial charge in [-0.05, 0) is 50.9 Å². The lowest BCUT2D eigenvalue weighted by Gasteiger charge is -2.63. The van der Waals surface area contributed by atoms with Crippen LogP contribution in [0.25, 0.3) is 0 Å². The van der Waals surface area contributed by atoms with Gasteiger partial charge in [-0.1, -0.05) is 6.92 Å². The molecule has 9 aliphatic rings. The maximum Gasteiger partial charge on any atom is 0.342 e. The van der Waals surface area contributed by atoms with Crippen molar-refractivity contribution in [1.82, 2.24) is 0 Å². The number of fused-ring (bicyclic) bond motifs is 4. The Labute approximate surface area is 230 Å². The first-order valence-corrected chi connectivity index (χ1v) is 14.6. The number of epoxide rings is 1. The van der Waals surface area contributed by atoms with Gasteiger partial charge in [0.05, 0.1) is 36.1 Å². The van der Waals surface area contributed by atoms with Crippen molar-refractivity contribution < 1.29 is 52.7 Å². The number of ether oxygens (including phenoxy) is 6. The molecular weight excluding hydrogens is 524 g/mol. The normalized spacial score (nSPS) is 63.8. The molecule has 0 aromatic heterocycles. The van der Waals surface area contributed by atoms with Crippen molar-refractivity contribution in [3.8, 4) is 0 Å². The maximum absolute atomic E-state index is 15.0. The van der Waals surface area contributed by atoms with Crippen molar-refractivity contribution in [3.63, 3.8) is 0 Å². The van der Waals surface area contributed by atoms with E-state index in [1.54, 1.807) is 14.0 Å². The number of hydrogen-bond acceptors (Lipinski definition) is 11. The minimum Gasteiger partial charge on any atom is -0.458 e. The number of carbonyl (C=O) groups excluding carboxylic acids is 4. The van der Waals surface area contributed by atoms with E-state index in [0.717, 1.165) is 0 Å². The fourth-order valence-electron chi connectivity index (χ4n) is 11.5. The highest BCUT2D eigenvalue weighted by molar-refractivity contribution is 5.99. The van der Waals surface area contributed by atoms with Crippen molar-refractivity contribution >= 4 is 23.5 Å². The maximum atomic E-state index is 15.0. The lowest BCUT2D eigenvalue weighted by atomic mass is 9.46. The molecule has 3 spiro atoms. The fraction of sp³-hybridized carbons (Fsp3) is 0.862. The van der Waals surface area contributed by atoms with Crippen LogP contribution in [0.2, 0.25) is 0 Å². The highest BCUT2D eigenvalue weighted by Crippen LogP contribution is 2.77. The van der Waals surface area contributed by atoms with Crippen molar-refractivity contribution in [2.45, 2.75) is 106 Å². The molecule has 11 nitrogen and oxygen atoms in total. The number of carbonyl (C=O) groups is 4. The van der Waals surface area contributed by atoms with Gasteiger partial charge in [0.15, 0.2) is 22.6 Å². The molecule has 6 saturated heterocycles. The van der Waals surface area contributed by atoms with Gasteiger partial charge < -0.3 is 33.5 Å². The average molecular weight is 559 g/mol. The number of Topliss-reactive ketones (excluding diaryl/α,β-unsaturated/α-hetero) is 2. The molecule has 9 rings (SSSR count). The fourth-order valence-corrected chi connectivity index (χ4v) is 11.5. The molecule has 3 aliphatic carbocycles. The zero-order chi connectivity index (χ0) is 28.0. The van der Waals surface area contributed by atoms with E-state index in [1.165, 1.54) is 0 Å². The summed E-state index contributed by atoms with van der Waals surface area (Å²) in [6.45, 7) is 5.28. The Morgan fingerprint density at radius 1 is 1.02 bits per heavy atom. The van der Waals surface area contributed by atoms with Crippen LogP contribution < -0.4 is 0 Å². The Balaban J connectivity index is 1.30. The van der Waals surface area contributed by atoms with Gasteiger partial charge in [-0.15, -0.1) is 0 Å². The predicted octanol–water partition coefficient (Wildman–Crippen LogP) is 0.617. The summed E-state index contributed by atoms with van der Waals surface area (Å²) in [6, 6.07) is 0. The highest BCUT2D eigenvalue weighted by atomic mass is 16.8. The summed E-state index contributed by atoms with van der Waals surface area (Å²) < 4.78 is 37.4. The van der Waals surface area contributed by atoms with Gasteiger partial charge in [0, 0.05) is 25.9 Å². The third-order valence-corrected chi connectivity index (χ3v) is 13.6. The molecule has 1 N–H and O–H groups in total. The molecule has 0 aromatic carbocycles. The van der Waals surface area contributed by atoms with E-state index in [9.17, 15) is 19.5 Å². The van der Waals surface area contributed by atoms with Gasteiger partial charge in [-0.25, -0.2) is 4.79 Å². The molecule has 216 valence electrons. The summed E-state index contributed by atoms with van der Waals surface area (Å²) in [5, 5.41) is 12.5. The molecule has 6 heterocycles. The van der Waals surface area contributed by atoms with E-state index in [2.05, 4.69) is 0 Å². The van der Waals surface area contributed by atoms with E-state index >= 15 is 4.79 Å². The number of ketones is 2. The Bertz CT molecular complexity index is 1350. The first-order valence-electron chi connectivity index (χ1n) is 14.6. The van der Waals surface area contributed by atoms with E-state index in [4.69, 9.17) is 28.4 Å². The van der Waals surface area contributed by atoms with Crippen LogP contribution in [-0.4, -0.2) is 88.8 Å². The summed E-state index contributed by atoms with van der Waals surface area (Å²) in [5.74, 6) is -6.57. The van der Waals surface area contributed by atoms with E-state index in [-0.39, 0.29) is 56.1 Å². The van der Waals surface area contributed by atoms with Crippen molar-refractivity contribution in [3.05, 3.63) is 0 Å². The topological polar surface area (TPSA) is 147 Å². The summed E-state index contributed by atoms with van der Waals surface area (Å²) in [6.07, 6.45) is 0.203. The molecule has 5 bridgehead atoms. The number of methoxy groups -OCH3 is 1. The largest absolute Gasteiger partial charge is 0.458 e. The highest BCUT2D eigenvalue weighted by Gasteiger charge is 2.94. The van der Waals surface area contributed by atoms with Gasteiger partial charge in [0.25, 0.3) is 0 Å². The third kappa shape index (κ3) is 2.05. The van der Waals surface area contributed by atoms with E-state index < -0.39 is 80.7 Å². The zero-order valence-corrected chi connectivity index (χ0v) is 23.0. The van der Waals surface area contributed by atoms with E-state index in [1.807, 2.05) is 13.8 Å². The van der Waals surface area contributed by atoms with Gasteiger partial charge in [0.1, 0.15) is 17.5 Å². The average Bonchev–Trinajstić information content (AvgIpc) is 3.49. The summed E-state index contributed by atoms with van der Waals surface area (Å²) in [5.41, 5.74) is -8.36. The molecule has 0 amide bonds. The second-order valence-corrected chi connectivity index (χ2v) is 14.5. The van der Waals surface area contributed by atoms with Gasteiger partial charge in [-0.2, -0.15) is 0 Å². The molecule has 11 heteroatoms. The Kier molecular flexibility index (Phi) is 4.02. The molecule has 1 unspecified atom stereocenters. The third-order valence-electron chi connectivity index (χ3n) is 13.6. The van der Waals surface area contributed by atoms with Crippen molar-refractivity contribution in [1.29, 1.82) is 0 Å². The van der Waals surface area contributed by atoms with Crippen molar-refractivity contribution in [2.24, 2.45) is 34.5 Å². The van der Waals surface area contributed by atoms with Gasteiger partial charge in [0.2, 0.25) is 5.79 Å².